The molecule has 2 N–H and O–H groups in total. The fourth-order valence-electron chi connectivity index (χ4n) is 3.87. The third-order valence-electron chi connectivity index (χ3n) is 5.74. The molecule has 0 amide bonds. The van der Waals surface area contributed by atoms with Gasteiger partial charge in [-0.05, 0) is 28.9 Å². The van der Waals surface area contributed by atoms with Gasteiger partial charge in [-0.3, -0.25) is 14.4 Å². The second-order valence-corrected chi connectivity index (χ2v) is 8.97. The number of nitro groups is 1. The zero-order chi connectivity index (χ0) is 27.8. The van der Waals surface area contributed by atoms with Crippen LogP contribution in [0.3, 0.4) is 0 Å². The summed E-state index contributed by atoms with van der Waals surface area (Å²) in [6.07, 6.45) is 13.5. The first-order valence-electron chi connectivity index (χ1n) is 13.0. The molecule has 0 aliphatic carbocycles. The maximum atomic E-state index is 11.9. The number of esters is 3. The number of carbonyl (C=O) groups is 3. The number of carbonyl (C=O) groups excluding carboxylic acids is 3. The molecule has 0 bridgehead atoms. The summed E-state index contributed by atoms with van der Waals surface area (Å²) >= 11 is 0. The van der Waals surface area contributed by atoms with Crippen LogP contribution >= 0.6 is 0 Å². The minimum absolute atomic E-state index is 0.139. The van der Waals surface area contributed by atoms with E-state index in [-0.39, 0.29) is 25.0 Å². The van der Waals surface area contributed by atoms with Crippen molar-refractivity contribution in [2.45, 2.75) is 84.2 Å². The number of allylic oxidation sites excluding steroid dienone is 2. The Bertz CT molecular complexity index is 917. The third kappa shape index (κ3) is 11.6. The monoisotopic (exact) mass is 538 g/mol. The number of ether oxygens (including phenoxy) is 3. The van der Waals surface area contributed by atoms with Crippen molar-refractivity contribution >= 4 is 17.9 Å². The second-order valence-electron chi connectivity index (χ2n) is 8.97. The molecular weight excluding hydrogens is 500 g/mol. The molecule has 0 aromatic heterocycles. The molecule has 0 aromatic carbocycles. The Morgan fingerprint density at radius 2 is 1.61 bits per heavy atom. The highest BCUT2D eigenvalue weighted by Gasteiger charge is 2.37. The summed E-state index contributed by atoms with van der Waals surface area (Å²) in [5.74, 6) is -1.54. The molecule has 13 heteroatoms. The predicted octanol–water partition coefficient (Wildman–Crippen LogP) is 3.12. The molecule has 2 rings (SSSR count). The molecule has 2 aliphatic rings. The molecule has 2 heterocycles. The Morgan fingerprint density at radius 3 is 2.24 bits per heavy atom. The second kappa shape index (κ2) is 17.0. The lowest BCUT2D eigenvalue weighted by Crippen LogP contribution is -2.31. The fourth-order valence-corrected chi connectivity index (χ4v) is 3.87. The van der Waals surface area contributed by atoms with E-state index in [4.69, 9.17) is 19.1 Å². The molecule has 1 unspecified atom stereocenters. The van der Waals surface area contributed by atoms with Gasteiger partial charge in [-0.1, -0.05) is 49.9 Å². The Kier molecular flexibility index (Phi) is 13.7. The lowest BCUT2D eigenvalue weighted by atomic mass is 10.1. The minimum atomic E-state index is -0.802. The highest BCUT2D eigenvalue weighted by atomic mass is 16.8. The van der Waals surface area contributed by atoms with Crippen molar-refractivity contribution in [3.8, 4) is 0 Å². The molecule has 0 saturated heterocycles. The van der Waals surface area contributed by atoms with Crippen LogP contribution in [0.1, 0.15) is 78.1 Å². The highest BCUT2D eigenvalue weighted by molar-refractivity contribution is 5.69. The van der Waals surface area contributed by atoms with E-state index in [0.29, 0.717) is 12.1 Å². The van der Waals surface area contributed by atoms with Crippen LogP contribution in [-0.4, -0.2) is 53.8 Å². The largest absolute Gasteiger partial charge is 0.462 e. The van der Waals surface area contributed by atoms with Crippen LogP contribution < -0.4 is 10.8 Å². The maximum Gasteiger partial charge on any atom is 0.355 e. The maximum absolute atomic E-state index is 11.9. The van der Waals surface area contributed by atoms with Gasteiger partial charge >= 0.3 is 23.7 Å². The first-order valence-corrected chi connectivity index (χ1v) is 13.0. The van der Waals surface area contributed by atoms with E-state index in [1.54, 1.807) is 12.3 Å². The van der Waals surface area contributed by atoms with E-state index in [0.717, 1.165) is 75.1 Å². The standard InChI is InChI=1S/C25H38N4O9/c1-19(30)35-17-21(37-20(2)31)18-36-25(32)12-10-8-6-4-3-5-7-9-11-15-26-22-13-14-24(29(33)34)28-23(22)16-27-38-28/h13-14,16,21,26-27H,3-12,15,17-18H2,1-2H3. The number of rotatable bonds is 19. The first kappa shape index (κ1) is 30.6. The normalized spacial score (nSPS) is 14.8. The van der Waals surface area contributed by atoms with Gasteiger partial charge in [0.05, 0.1) is 11.9 Å². The van der Waals surface area contributed by atoms with Crippen LogP contribution in [0.2, 0.25) is 0 Å². The molecular formula is C25H38N4O9. The molecule has 0 aromatic rings. The molecule has 38 heavy (non-hydrogen) atoms. The Balaban J connectivity index is 1.44. The van der Waals surface area contributed by atoms with Crippen LogP contribution in [0.4, 0.5) is 0 Å². The van der Waals surface area contributed by atoms with Gasteiger partial charge in [-0.2, -0.15) is 0 Å². The lowest BCUT2D eigenvalue weighted by molar-refractivity contribution is -0.465. The van der Waals surface area contributed by atoms with E-state index in [1.807, 2.05) is 0 Å². The van der Waals surface area contributed by atoms with Crippen molar-refractivity contribution in [2.75, 3.05) is 19.8 Å². The molecule has 212 valence electrons. The molecule has 13 nitrogen and oxygen atoms in total. The SMILES string of the molecule is CC(=O)OCC(COC(=O)CCCCCCCCCCCNC1=CC=C([N+](=O)[O-])N2ONC=C12)OC(C)=O. The highest BCUT2D eigenvalue weighted by Crippen LogP contribution is 2.26. The Morgan fingerprint density at radius 1 is 0.974 bits per heavy atom. The fraction of sp³-hybridized carbons (Fsp3) is 0.640. The van der Waals surface area contributed by atoms with Gasteiger partial charge in [0.15, 0.2) is 6.10 Å². The molecule has 0 saturated carbocycles. The van der Waals surface area contributed by atoms with Crippen LogP contribution in [0, 0.1) is 10.1 Å². The number of hydrogen-bond donors (Lipinski definition) is 2. The van der Waals surface area contributed by atoms with E-state index in [9.17, 15) is 24.5 Å². The summed E-state index contributed by atoms with van der Waals surface area (Å²) in [4.78, 5) is 49.6. The van der Waals surface area contributed by atoms with E-state index in [1.165, 1.54) is 19.9 Å². The van der Waals surface area contributed by atoms with Crippen molar-refractivity contribution in [3.63, 3.8) is 0 Å². The quantitative estimate of drug-likeness (QED) is 0.0815. The first-order chi connectivity index (χ1) is 18.3. The summed E-state index contributed by atoms with van der Waals surface area (Å²) < 4.78 is 14.9. The van der Waals surface area contributed by atoms with Crippen LogP contribution in [0.15, 0.2) is 35.6 Å². The number of nitrogens with zero attached hydrogens (tertiary/aromatic N) is 2. The average molecular weight is 539 g/mol. The van der Waals surface area contributed by atoms with Gasteiger partial charge in [-0.15, -0.1) is 0 Å². The van der Waals surface area contributed by atoms with Crippen LogP contribution in [0.5, 0.6) is 0 Å². The number of unbranched alkanes of at least 4 members (excludes halogenated alkanes) is 8. The summed E-state index contributed by atoms with van der Waals surface area (Å²) in [5, 5.41) is 15.5. The molecule has 0 spiro atoms. The van der Waals surface area contributed by atoms with Crippen molar-refractivity contribution < 1.29 is 38.5 Å². The number of hydroxylamine groups is 3. The van der Waals surface area contributed by atoms with Crippen molar-refractivity contribution in [2.24, 2.45) is 0 Å². The predicted molar refractivity (Wildman–Crippen MR) is 135 cm³/mol. The van der Waals surface area contributed by atoms with Crippen molar-refractivity contribution in [3.05, 3.63) is 45.7 Å². The van der Waals surface area contributed by atoms with Gasteiger partial charge in [0.2, 0.25) is 5.70 Å². The number of nitrogens with one attached hydrogen (secondary N) is 2. The molecule has 2 aliphatic heterocycles. The smallest absolute Gasteiger partial charge is 0.355 e. The average Bonchev–Trinajstić information content (AvgIpc) is 3.36. The van der Waals surface area contributed by atoms with Gasteiger partial charge < -0.3 is 29.6 Å². The summed E-state index contributed by atoms with van der Waals surface area (Å²) in [6, 6.07) is 0. The van der Waals surface area contributed by atoms with E-state index < -0.39 is 23.0 Å². The third-order valence-corrected chi connectivity index (χ3v) is 5.74. The van der Waals surface area contributed by atoms with Crippen molar-refractivity contribution in [1.29, 1.82) is 0 Å². The van der Waals surface area contributed by atoms with Crippen LogP contribution in [0.25, 0.3) is 0 Å². The Labute approximate surface area is 222 Å². The molecule has 1 atom stereocenters. The summed E-state index contributed by atoms with van der Waals surface area (Å²) in [6.45, 7) is 2.96. The van der Waals surface area contributed by atoms with Gasteiger partial charge in [-0.25, -0.2) is 5.48 Å². The lowest BCUT2D eigenvalue weighted by Gasteiger charge is -2.18. The molecule has 0 radical (unpaired) electrons. The zero-order valence-corrected chi connectivity index (χ0v) is 22.1. The van der Waals surface area contributed by atoms with Crippen molar-refractivity contribution in [1.82, 2.24) is 15.9 Å². The zero-order valence-electron chi connectivity index (χ0n) is 22.1. The topological polar surface area (TPSA) is 159 Å². The van der Waals surface area contributed by atoms with Gasteiger partial charge in [0, 0.05) is 32.9 Å². The summed E-state index contributed by atoms with van der Waals surface area (Å²) in [7, 11) is 0. The molecule has 0 fully saturated rings. The van der Waals surface area contributed by atoms with Gasteiger partial charge in [0.1, 0.15) is 13.2 Å². The minimum Gasteiger partial charge on any atom is -0.462 e. The number of hydrogen-bond acceptors (Lipinski definition) is 12. The van der Waals surface area contributed by atoms with E-state index in [2.05, 4.69) is 10.8 Å². The summed E-state index contributed by atoms with van der Waals surface area (Å²) in [5.41, 5.74) is 3.89. The number of fused-ring (bicyclic) bond motifs is 1. The van der Waals surface area contributed by atoms with E-state index >= 15 is 0 Å². The Hall–Kier alpha value is -3.61. The van der Waals surface area contributed by atoms with Gasteiger partial charge in [0.25, 0.3) is 0 Å². The van der Waals surface area contributed by atoms with Crippen LogP contribution in [-0.2, 0) is 33.5 Å².